The van der Waals surface area contributed by atoms with E-state index in [2.05, 4.69) is 15.1 Å². The lowest BCUT2D eigenvalue weighted by Crippen LogP contribution is -2.21. The Morgan fingerprint density at radius 2 is 2.14 bits per heavy atom. The van der Waals surface area contributed by atoms with Gasteiger partial charge in [0.05, 0.1) is 17.5 Å². The van der Waals surface area contributed by atoms with Gasteiger partial charge in [-0.05, 0) is 6.92 Å². The van der Waals surface area contributed by atoms with Crippen molar-refractivity contribution in [2.24, 2.45) is 0 Å². The number of H-pyrrole nitrogens is 2. The van der Waals surface area contributed by atoms with E-state index in [1.54, 1.807) is 6.92 Å². The smallest absolute Gasteiger partial charge is 0.326 e. The molecule has 0 radical (unpaired) electrons. The molecule has 6 nitrogen and oxygen atoms in total. The van der Waals surface area contributed by atoms with E-state index >= 15 is 0 Å². The summed E-state index contributed by atoms with van der Waals surface area (Å²) in [6.07, 6.45) is 1.44. The maximum Gasteiger partial charge on any atom is 0.326 e. The second-order valence-corrected chi connectivity index (χ2v) is 2.80. The van der Waals surface area contributed by atoms with Gasteiger partial charge in [-0.15, -0.1) is 0 Å². The average molecular weight is 193 g/mol. The first-order valence-corrected chi connectivity index (χ1v) is 3.92. The Morgan fingerprint density at radius 3 is 2.71 bits per heavy atom. The number of hydrogen-bond acceptors (Lipinski definition) is 4. The van der Waals surface area contributed by atoms with E-state index in [0.717, 1.165) is 0 Å². The van der Waals surface area contributed by atoms with Crippen LogP contribution in [0.25, 0.3) is 11.3 Å². The molecule has 0 bridgehead atoms. The van der Waals surface area contributed by atoms with Crippen LogP contribution in [0.15, 0.2) is 26.4 Å². The van der Waals surface area contributed by atoms with Gasteiger partial charge < -0.3 is 9.51 Å². The number of hydrogen-bond donors (Lipinski definition) is 2. The molecule has 0 saturated carbocycles. The Hall–Kier alpha value is -2.11. The third kappa shape index (κ3) is 1.37. The van der Waals surface area contributed by atoms with Crippen molar-refractivity contribution in [1.82, 2.24) is 15.1 Å². The SMILES string of the molecule is Cc1oncc1-c1cc(=O)[nH]c(=O)[nH]1. The summed E-state index contributed by atoms with van der Waals surface area (Å²) in [6, 6.07) is 1.28. The lowest BCUT2D eigenvalue weighted by atomic mass is 10.2. The molecule has 0 aromatic carbocycles. The van der Waals surface area contributed by atoms with Crippen molar-refractivity contribution >= 4 is 0 Å². The average Bonchev–Trinajstić information content (AvgIpc) is 2.49. The molecule has 2 aromatic rings. The summed E-state index contributed by atoms with van der Waals surface area (Å²) in [6.45, 7) is 1.70. The van der Waals surface area contributed by atoms with Crippen LogP contribution < -0.4 is 11.2 Å². The van der Waals surface area contributed by atoms with Gasteiger partial charge in [0.2, 0.25) is 0 Å². The van der Waals surface area contributed by atoms with Gasteiger partial charge in [0, 0.05) is 6.07 Å². The van der Waals surface area contributed by atoms with Gasteiger partial charge in [-0.2, -0.15) is 0 Å². The predicted molar refractivity (Wildman–Crippen MR) is 47.9 cm³/mol. The zero-order valence-corrected chi connectivity index (χ0v) is 7.33. The first-order valence-electron chi connectivity index (χ1n) is 3.92. The molecule has 6 heteroatoms. The Morgan fingerprint density at radius 1 is 1.36 bits per heavy atom. The molecule has 0 aliphatic heterocycles. The summed E-state index contributed by atoms with van der Waals surface area (Å²) < 4.78 is 4.81. The van der Waals surface area contributed by atoms with Gasteiger partial charge >= 0.3 is 5.69 Å². The molecule has 2 aromatic heterocycles. The van der Waals surface area contributed by atoms with Crippen molar-refractivity contribution in [3.63, 3.8) is 0 Å². The molecule has 2 heterocycles. The minimum Gasteiger partial charge on any atom is -0.361 e. The van der Waals surface area contributed by atoms with E-state index < -0.39 is 11.2 Å². The summed E-state index contributed by atoms with van der Waals surface area (Å²) in [7, 11) is 0. The van der Waals surface area contributed by atoms with E-state index in [1.807, 2.05) is 0 Å². The zero-order valence-electron chi connectivity index (χ0n) is 7.33. The lowest BCUT2D eigenvalue weighted by Gasteiger charge is -1.95. The number of aromatic amines is 2. The highest BCUT2D eigenvalue weighted by Gasteiger charge is 2.07. The van der Waals surface area contributed by atoms with Crippen LogP contribution in [0.3, 0.4) is 0 Å². The molecular weight excluding hydrogens is 186 g/mol. The molecule has 72 valence electrons. The molecule has 2 rings (SSSR count). The fourth-order valence-corrected chi connectivity index (χ4v) is 1.17. The topological polar surface area (TPSA) is 91.8 Å². The summed E-state index contributed by atoms with van der Waals surface area (Å²) in [5.74, 6) is 0.547. The van der Waals surface area contributed by atoms with Gasteiger partial charge in [-0.25, -0.2) is 4.79 Å². The summed E-state index contributed by atoms with van der Waals surface area (Å²) in [4.78, 5) is 26.5. The molecule has 0 spiro atoms. The standard InChI is InChI=1S/C8H7N3O3/c1-4-5(3-9-14-4)6-2-7(12)11-8(13)10-6/h2-3H,1H3,(H2,10,11,12,13). The quantitative estimate of drug-likeness (QED) is 0.668. The van der Waals surface area contributed by atoms with Crippen LogP contribution in [0, 0.1) is 6.92 Å². The second kappa shape index (κ2) is 2.99. The molecule has 0 atom stereocenters. The first-order chi connectivity index (χ1) is 6.66. The van der Waals surface area contributed by atoms with Crippen LogP contribution >= 0.6 is 0 Å². The molecule has 0 aliphatic carbocycles. The van der Waals surface area contributed by atoms with Crippen molar-refractivity contribution in [3.05, 3.63) is 38.9 Å². The predicted octanol–water partition coefficient (Wildman–Crippen LogP) is 0.0266. The molecule has 0 fully saturated rings. The van der Waals surface area contributed by atoms with E-state index in [1.165, 1.54) is 12.3 Å². The summed E-state index contributed by atoms with van der Waals surface area (Å²) in [5, 5.41) is 3.55. The largest absolute Gasteiger partial charge is 0.361 e. The van der Waals surface area contributed by atoms with Crippen molar-refractivity contribution < 1.29 is 4.52 Å². The Balaban J connectivity index is 2.69. The van der Waals surface area contributed by atoms with E-state index in [0.29, 0.717) is 17.0 Å². The molecule has 0 saturated heterocycles. The lowest BCUT2D eigenvalue weighted by molar-refractivity contribution is 0.398. The third-order valence-corrected chi connectivity index (χ3v) is 1.80. The summed E-state index contributed by atoms with van der Waals surface area (Å²) in [5.41, 5.74) is 0.00292. The zero-order chi connectivity index (χ0) is 10.1. The molecular formula is C8H7N3O3. The van der Waals surface area contributed by atoms with Crippen molar-refractivity contribution in [2.45, 2.75) is 6.92 Å². The number of aromatic nitrogens is 3. The molecule has 2 N–H and O–H groups in total. The Bertz CT molecular complexity index is 535. The fourth-order valence-electron chi connectivity index (χ4n) is 1.17. The highest BCUT2D eigenvalue weighted by molar-refractivity contribution is 5.58. The molecule has 0 amide bonds. The maximum atomic E-state index is 11.0. The normalized spacial score (nSPS) is 10.4. The van der Waals surface area contributed by atoms with Crippen LogP contribution in [0.2, 0.25) is 0 Å². The second-order valence-electron chi connectivity index (χ2n) is 2.80. The number of nitrogens with one attached hydrogen (secondary N) is 2. The van der Waals surface area contributed by atoms with Gasteiger partial charge in [0.15, 0.2) is 0 Å². The van der Waals surface area contributed by atoms with Crippen LogP contribution in [0.5, 0.6) is 0 Å². The van der Waals surface area contributed by atoms with Crippen LogP contribution in [0.1, 0.15) is 5.76 Å². The Kier molecular flexibility index (Phi) is 1.81. The van der Waals surface area contributed by atoms with E-state index in [9.17, 15) is 9.59 Å². The number of aryl methyl sites for hydroxylation is 1. The number of rotatable bonds is 1. The van der Waals surface area contributed by atoms with E-state index in [-0.39, 0.29) is 0 Å². The minimum absolute atomic E-state index is 0.400. The van der Waals surface area contributed by atoms with Gasteiger partial charge in [0.1, 0.15) is 5.76 Å². The van der Waals surface area contributed by atoms with Crippen LogP contribution in [0.4, 0.5) is 0 Å². The highest BCUT2D eigenvalue weighted by Crippen LogP contribution is 2.17. The maximum absolute atomic E-state index is 11.0. The minimum atomic E-state index is -0.548. The highest BCUT2D eigenvalue weighted by atomic mass is 16.5. The van der Waals surface area contributed by atoms with Crippen molar-refractivity contribution in [1.29, 1.82) is 0 Å². The summed E-state index contributed by atoms with van der Waals surface area (Å²) >= 11 is 0. The van der Waals surface area contributed by atoms with Crippen molar-refractivity contribution in [3.8, 4) is 11.3 Å². The van der Waals surface area contributed by atoms with Gasteiger partial charge in [0.25, 0.3) is 5.56 Å². The third-order valence-electron chi connectivity index (χ3n) is 1.80. The monoisotopic (exact) mass is 193 g/mol. The molecule has 0 unspecified atom stereocenters. The first kappa shape index (κ1) is 8.49. The fraction of sp³-hybridized carbons (Fsp3) is 0.125. The number of nitrogens with zero attached hydrogens (tertiary/aromatic N) is 1. The van der Waals surface area contributed by atoms with E-state index in [4.69, 9.17) is 4.52 Å². The van der Waals surface area contributed by atoms with Gasteiger partial charge in [-0.1, -0.05) is 5.16 Å². The molecule has 0 aliphatic rings. The Labute approximate surface area is 77.6 Å². The van der Waals surface area contributed by atoms with Gasteiger partial charge in [-0.3, -0.25) is 9.78 Å². The van der Waals surface area contributed by atoms with Crippen LogP contribution in [-0.4, -0.2) is 15.1 Å². The van der Waals surface area contributed by atoms with Crippen LogP contribution in [-0.2, 0) is 0 Å². The molecule has 14 heavy (non-hydrogen) atoms. The van der Waals surface area contributed by atoms with Crippen molar-refractivity contribution in [2.75, 3.05) is 0 Å².